The second kappa shape index (κ2) is 20.3. The summed E-state index contributed by atoms with van der Waals surface area (Å²) in [6.45, 7) is 10.8. The van der Waals surface area contributed by atoms with Crippen LogP contribution in [0.1, 0.15) is 61.8 Å². The minimum absolute atomic E-state index is 0. The van der Waals surface area contributed by atoms with Crippen LogP contribution in [0.15, 0.2) is 175 Å². The Bertz CT molecular complexity index is 1970. The molecule has 7 aromatic rings. The first-order valence-corrected chi connectivity index (χ1v) is 19.2. The smallest absolute Gasteiger partial charge is 0.132 e. The number of hydrogen-bond acceptors (Lipinski definition) is 2. The number of para-hydroxylation sites is 1. The molecule has 0 bridgehead atoms. The topological polar surface area (TPSA) is 32.6 Å². The van der Waals surface area contributed by atoms with Crippen LogP contribution < -0.4 is 15.9 Å². The van der Waals surface area contributed by atoms with Crippen molar-refractivity contribution in [1.82, 2.24) is 0 Å². The van der Waals surface area contributed by atoms with Crippen molar-refractivity contribution in [2.24, 2.45) is 4.99 Å². The summed E-state index contributed by atoms with van der Waals surface area (Å²) in [6, 6.07) is 61.4. The maximum Gasteiger partial charge on any atom is 0.132 e. The molecule has 4 heteroatoms. The predicted molar refractivity (Wildman–Crippen MR) is 224 cm³/mol. The van der Waals surface area contributed by atoms with Gasteiger partial charge in [0.05, 0.1) is 13.6 Å². The third-order valence-corrected chi connectivity index (χ3v) is 11.5. The van der Waals surface area contributed by atoms with E-state index in [9.17, 15) is 5.11 Å². The SMILES string of the molecule is Cc1cc(C=Nc2c(C(C)C)cccc2C(C)C)c(O)c2ccccc12.[Ni].[c-]1ccccc1.c1ccc([PH+](c2ccccc2)c2ccccc2)cc1. The number of fused-ring (bicyclic) bond motifs is 1. The Kier molecular flexibility index (Phi) is 15.6. The number of aryl methyl sites for hydroxylation is 1. The molecule has 2 nitrogen and oxygen atoms in total. The van der Waals surface area contributed by atoms with Crippen molar-refractivity contribution in [3.05, 3.63) is 198 Å². The maximum absolute atomic E-state index is 10.7. The van der Waals surface area contributed by atoms with Gasteiger partial charge in [0.15, 0.2) is 0 Å². The molecule has 0 saturated heterocycles. The van der Waals surface area contributed by atoms with E-state index in [2.05, 4.69) is 150 Å². The zero-order valence-corrected chi connectivity index (χ0v) is 32.6. The van der Waals surface area contributed by atoms with Crippen LogP contribution in [0.5, 0.6) is 5.75 Å². The van der Waals surface area contributed by atoms with E-state index in [-0.39, 0.29) is 16.5 Å². The zero-order chi connectivity index (χ0) is 36.0. The Balaban J connectivity index is 0.000000203. The minimum Gasteiger partial charge on any atom is -0.507 e. The minimum atomic E-state index is -0.877. The van der Waals surface area contributed by atoms with Gasteiger partial charge in [0.25, 0.3) is 0 Å². The third-order valence-electron chi connectivity index (χ3n) is 8.72. The van der Waals surface area contributed by atoms with Crippen LogP contribution in [-0.4, -0.2) is 11.3 Å². The fourth-order valence-corrected chi connectivity index (χ4v) is 8.70. The molecule has 266 valence electrons. The van der Waals surface area contributed by atoms with Gasteiger partial charge in [0, 0.05) is 33.7 Å². The van der Waals surface area contributed by atoms with Gasteiger partial charge < -0.3 is 5.11 Å². The molecule has 7 rings (SSSR count). The molecule has 0 aromatic heterocycles. The first kappa shape index (κ1) is 40.0. The molecule has 0 fully saturated rings. The van der Waals surface area contributed by atoms with Crippen LogP contribution in [0.2, 0.25) is 0 Å². The standard InChI is InChI=1S/C24H27NO.C18H15P.C6H5.Ni/c1-15(2)19-11-8-12-20(16(3)4)23(19)25-14-18-13-17(5)21-9-6-7-10-22(21)24(18)26;1-4-10-16(11-5-1)19(17-12-6-2-7-13-17)18-14-8-3-9-15-18;1-2-4-6-5-3-1;/h6-16,26H,1-5H3;1-15H;1-5H;/q;;-1;/p+1. The van der Waals surface area contributed by atoms with Gasteiger partial charge in [0.2, 0.25) is 0 Å². The molecule has 0 aliphatic carbocycles. The van der Waals surface area contributed by atoms with Crippen molar-refractivity contribution >= 4 is 46.5 Å². The van der Waals surface area contributed by atoms with Gasteiger partial charge in [-0.05, 0) is 83.3 Å². The van der Waals surface area contributed by atoms with Crippen LogP contribution in [-0.2, 0) is 16.5 Å². The van der Waals surface area contributed by atoms with E-state index in [0.717, 1.165) is 27.6 Å². The fourth-order valence-electron chi connectivity index (χ4n) is 6.12. The van der Waals surface area contributed by atoms with Gasteiger partial charge in [0.1, 0.15) is 21.7 Å². The van der Waals surface area contributed by atoms with Gasteiger partial charge in [-0.2, -0.15) is 36.4 Å². The second-order valence-electron chi connectivity index (χ2n) is 13.1. The molecule has 1 N–H and O–H groups in total. The van der Waals surface area contributed by atoms with Crippen LogP contribution in [0.25, 0.3) is 10.8 Å². The largest absolute Gasteiger partial charge is 0.507 e. The fraction of sp³-hybridized carbons (Fsp3) is 0.146. The number of aromatic hydroxyl groups is 1. The number of phenolic OH excluding ortho intramolecular Hbond substituents is 1. The van der Waals surface area contributed by atoms with Crippen LogP contribution in [0.3, 0.4) is 0 Å². The number of aliphatic imine (C=N–C) groups is 1. The summed E-state index contributed by atoms with van der Waals surface area (Å²) < 4.78 is 0. The molecular weight excluding hydrogens is 696 g/mol. The third kappa shape index (κ3) is 10.6. The van der Waals surface area contributed by atoms with Crippen molar-refractivity contribution in [3.8, 4) is 5.75 Å². The summed E-state index contributed by atoms with van der Waals surface area (Å²) in [5.74, 6) is 1.09. The van der Waals surface area contributed by atoms with E-state index in [0.29, 0.717) is 17.6 Å². The number of benzene rings is 7. The molecule has 0 radical (unpaired) electrons. The molecule has 52 heavy (non-hydrogen) atoms. The van der Waals surface area contributed by atoms with Gasteiger partial charge in [-0.1, -0.05) is 125 Å². The molecule has 0 saturated carbocycles. The van der Waals surface area contributed by atoms with Crippen molar-refractivity contribution in [3.63, 3.8) is 0 Å². The normalized spacial score (nSPS) is 10.8. The summed E-state index contributed by atoms with van der Waals surface area (Å²) >= 11 is 0. The first-order valence-electron chi connectivity index (χ1n) is 17.7. The number of nitrogens with zero attached hydrogens (tertiary/aromatic N) is 1. The molecule has 0 aliphatic rings. The zero-order valence-electron chi connectivity index (χ0n) is 30.6. The van der Waals surface area contributed by atoms with Crippen molar-refractivity contribution in [2.75, 3.05) is 0 Å². The Morgan fingerprint density at radius 2 is 0.981 bits per heavy atom. The van der Waals surface area contributed by atoms with Crippen molar-refractivity contribution < 1.29 is 21.6 Å². The summed E-state index contributed by atoms with van der Waals surface area (Å²) in [7, 11) is -0.877. The number of rotatable bonds is 7. The molecule has 0 aliphatic heterocycles. The Labute approximate surface area is 322 Å². The molecular formula is C48H48NNiOP. The molecule has 0 amide bonds. The predicted octanol–water partition coefficient (Wildman–Crippen LogP) is 11.5. The average Bonchev–Trinajstić information content (AvgIpc) is 3.18. The van der Waals surface area contributed by atoms with E-state index in [4.69, 9.17) is 4.99 Å². The van der Waals surface area contributed by atoms with Gasteiger partial charge in [-0.15, -0.1) is 0 Å². The second-order valence-corrected chi connectivity index (χ2v) is 15.6. The van der Waals surface area contributed by atoms with Crippen molar-refractivity contribution in [2.45, 2.75) is 46.5 Å². The quantitative estimate of drug-likeness (QED) is 0.0750. The van der Waals surface area contributed by atoms with E-state index < -0.39 is 7.92 Å². The molecule has 0 atom stereocenters. The van der Waals surface area contributed by atoms with E-state index in [1.54, 1.807) is 0 Å². The maximum atomic E-state index is 10.7. The first-order chi connectivity index (χ1) is 24.8. The Hall–Kier alpha value is -4.81. The summed E-state index contributed by atoms with van der Waals surface area (Å²) in [5, 5.41) is 17.0. The Morgan fingerprint density at radius 3 is 1.38 bits per heavy atom. The molecule has 0 unspecified atom stereocenters. The number of phenols is 1. The van der Waals surface area contributed by atoms with E-state index in [1.165, 1.54) is 27.0 Å². The van der Waals surface area contributed by atoms with Crippen molar-refractivity contribution in [1.29, 1.82) is 0 Å². The summed E-state index contributed by atoms with van der Waals surface area (Å²) in [4.78, 5) is 4.84. The molecule has 7 aromatic carbocycles. The summed E-state index contributed by atoms with van der Waals surface area (Å²) in [5.41, 5.74) is 5.41. The monoisotopic (exact) mass is 743 g/mol. The van der Waals surface area contributed by atoms with E-state index >= 15 is 0 Å². The Morgan fingerprint density at radius 1 is 0.558 bits per heavy atom. The molecule has 0 spiro atoms. The summed E-state index contributed by atoms with van der Waals surface area (Å²) in [6.07, 6.45) is 1.81. The molecule has 0 heterocycles. The van der Waals surface area contributed by atoms with E-state index in [1.807, 2.05) is 66.9 Å². The number of hydrogen-bond donors (Lipinski definition) is 1. The van der Waals surface area contributed by atoms with Gasteiger partial charge in [-0.3, -0.25) is 4.99 Å². The van der Waals surface area contributed by atoms with Gasteiger partial charge >= 0.3 is 0 Å². The van der Waals surface area contributed by atoms with Gasteiger partial charge in [-0.25, -0.2) is 0 Å². The van der Waals surface area contributed by atoms with Crippen LogP contribution in [0.4, 0.5) is 5.69 Å². The average molecular weight is 745 g/mol. The van der Waals surface area contributed by atoms with Crippen LogP contribution >= 0.6 is 7.92 Å². The van der Waals surface area contributed by atoms with Crippen LogP contribution in [0, 0.1) is 13.0 Å².